The molecule has 0 aliphatic carbocycles. The maximum absolute atomic E-state index is 12.6. The van der Waals surface area contributed by atoms with Gasteiger partial charge < -0.3 is 175 Å². The van der Waals surface area contributed by atoms with Crippen LogP contribution < -0.4 is 10.6 Å². The van der Waals surface area contributed by atoms with Crippen LogP contribution in [0.3, 0.4) is 0 Å². The molecule has 0 unspecified atom stereocenters. The zero-order chi connectivity index (χ0) is 61.5. The molecule has 0 bridgehead atoms. The third-order valence-corrected chi connectivity index (χ3v) is 14.9. The number of aliphatic hydroxyl groups is 21. The second kappa shape index (κ2) is 31.2. The Bertz CT molecular complexity index is 1970. The van der Waals surface area contributed by atoms with Crippen molar-refractivity contribution in [1.29, 1.82) is 0 Å². The molecule has 7 rings (SSSR count). The average Bonchev–Trinajstić information content (AvgIpc) is 3.56. The van der Waals surface area contributed by atoms with Crippen molar-refractivity contribution in [2.24, 2.45) is 0 Å². The largest absolute Gasteiger partial charge is 0.394 e. The molecule has 7 aliphatic rings. The van der Waals surface area contributed by atoms with Crippen molar-refractivity contribution in [3.63, 3.8) is 0 Å². The van der Waals surface area contributed by atoms with E-state index in [4.69, 9.17) is 77.3 Å². The van der Waals surface area contributed by atoms with Crippen LogP contribution in [0.15, 0.2) is 0 Å². The summed E-state index contributed by atoms with van der Waals surface area (Å²) in [5, 5.41) is 223. The van der Waals surface area contributed by atoms with Crippen molar-refractivity contribution in [1.82, 2.24) is 10.6 Å². The number of hydrogen-bond acceptors (Lipinski definition) is 35. The van der Waals surface area contributed by atoms with Crippen LogP contribution in [0, 0.1) is 0 Å². The third kappa shape index (κ3) is 16.1. The van der Waals surface area contributed by atoms with E-state index in [2.05, 4.69) is 10.6 Å². The molecular formula is C46H80N2O35. The molecule has 33 atom stereocenters. The molecule has 83 heavy (non-hydrogen) atoms. The molecule has 7 aliphatic heterocycles. The predicted octanol–water partition coefficient (Wildman–Crippen LogP) is -15.7. The summed E-state index contributed by atoms with van der Waals surface area (Å²) in [6, 6.07) is -2.76. The Balaban J connectivity index is 0.000000899. The van der Waals surface area contributed by atoms with Crippen molar-refractivity contribution in [3.05, 3.63) is 0 Å². The van der Waals surface area contributed by atoms with Gasteiger partial charge in [-0.2, -0.15) is 0 Å². The van der Waals surface area contributed by atoms with Gasteiger partial charge in [-0.15, -0.1) is 0 Å². The van der Waals surface area contributed by atoms with Gasteiger partial charge in [0, 0.05) is 13.8 Å². The Morgan fingerprint density at radius 3 is 1.34 bits per heavy atom. The summed E-state index contributed by atoms with van der Waals surface area (Å²) in [7, 11) is 0. The Labute approximate surface area is 471 Å². The number of carbonyl (C=O) groups excluding carboxylic acids is 2. The molecule has 484 valence electrons. The molecule has 0 spiro atoms. The van der Waals surface area contributed by atoms with Crippen LogP contribution in [-0.4, -0.2) is 381 Å². The molecule has 7 saturated heterocycles. The minimum atomic E-state index is -2.30. The Morgan fingerprint density at radius 2 is 0.783 bits per heavy atom. The van der Waals surface area contributed by atoms with Gasteiger partial charge in [0.2, 0.25) is 11.8 Å². The molecule has 0 aromatic carbocycles. The van der Waals surface area contributed by atoms with Crippen LogP contribution in [0.1, 0.15) is 13.8 Å². The second-order valence-corrected chi connectivity index (χ2v) is 20.8. The lowest BCUT2D eigenvalue weighted by atomic mass is 9.94. The minimum absolute atomic E-state index is 0.0521. The van der Waals surface area contributed by atoms with Crippen molar-refractivity contribution in [2.45, 2.75) is 216 Å². The Morgan fingerprint density at radius 1 is 0.361 bits per heavy atom. The highest BCUT2D eigenvalue weighted by Gasteiger charge is 2.57. The van der Waals surface area contributed by atoms with E-state index in [1.807, 2.05) is 0 Å². The van der Waals surface area contributed by atoms with Crippen LogP contribution in [0.4, 0.5) is 0 Å². The standard InChI is InChI=1S/C40H68N2O30.C6H12O5/c1-10(48)41-12-8-62-16(6-46)32(20(12)50)69-36-19(42-11(2)49)25(55)33(17(7-47)67-36)70-39-31(61)34(24(54)18(68-39)9-63-37-29(59)26(56)21(51)13(3-43)64-37)71-40-35(28(58)23(53)15(5-45)66-40)72-38-30(60)27(57)22(52)14(4-44)65-38;7-1-4-6(10)5(9)3(8)2-11-4/h12-40,43-47,50-61H,3-9H2,1-2H3,(H,41,48)(H,42,49);3-10H,1-2H2/t12-,13+,14+,15+,16+,17+,18+,19+,20+,21+,22+,23+,24+,25+,26-,27-,28-,29-,30-,31-,32+,33+,34-,35-,36-,37-,38+,39-,40+;3-,4-,5-,6-/m01/s1. The summed E-state index contributed by atoms with van der Waals surface area (Å²) in [5.41, 5.74) is 0. The van der Waals surface area contributed by atoms with E-state index in [-0.39, 0.29) is 19.8 Å². The van der Waals surface area contributed by atoms with Crippen LogP contribution in [0.5, 0.6) is 0 Å². The van der Waals surface area contributed by atoms with Gasteiger partial charge in [-0.25, -0.2) is 0 Å². The molecule has 0 aromatic rings. The highest BCUT2D eigenvalue weighted by atomic mass is 16.8. The van der Waals surface area contributed by atoms with E-state index >= 15 is 0 Å². The van der Waals surface area contributed by atoms with Crippen molar-refractivity contribution in [2.75, 3.05) is 59.5 Å². The predicted molar refractivity (Wildman–Crippen MR) is 256 cm³/mol. The van der Waals surface area contributed by atoms with E-state index in [1.165, 1.54) is 6.92 Å². The normalized spacial score (nSPS) is 48.8. The topological polar surface area (TPSA) is 594 Å². The van der Waals surface area contributed by atoms with E-state index in [1.54, 1.807) is 0 Å². The fourth-order valence-corrected chi connectivity index (χ4v) is 10.2. The minimum Gasteiger partial charge on any atom is -0.394 e. The van der Waals surface area contributed by atoms with Crippen LogP contribution >= 0.6 is 0 Å². The monoisotopic (exact) mass is 1220 g/mol. The number of hydrogen-bond donors (Lipinski definition) is 23. The number of rotatable bonds is 19. The van der Waals surface area contributed by atoms with Crippen molar-refractivity contribution >= 4 is 11.8 Å². The molecule has 23 N–H and O–H groups in total. The van der Waals surface area contributed by atoms with Gasteiger partial charge in [0.1, 0.15) is 165 Å². The second-order valence-electron chi connectivity index (χ2n) is 20.8. The van der Waals surface area contributed by atoms with Crippen LogP contribution in [0.25, 0.3) is 0 Å². The smallest absolute Gasteiger partial charge is 0.217 e. The molecule has 0 radical (unpaired) electrons. The number of nitrogens with one attached hydrogen (secondary N) is 2. The van der Waals surface area contributed by atoms with Gasteiger partial charge in [-0.05, 0) is 0 Å². The van der Waals surface area contributed by atoms with Crippen LogP contribution in [-0.2, 0) is 66.4 Å². The molecule has 37 nitrogen and oxygen atoms in total. The summed E-state index contributed by atoms with van der Waals surface area (Å²) < 4.78 is 68.1. The first-order valence-corrected chi connectivity index (χ1v) is 26.4. The third-order valence-electron chi connectivity index (χ3n) is 14.9. The molecule has 37 heteroatoms. The van der Waals surface area contributed by atoms with Gasteiger partial charge >= 0.3 is 0 Å². The Kier molecular flexibility index (Phi) is 26.2. The fourth-order valence-electron chi connectivity index (χ4n) is 10.2. The van der Waals surface area contributed by atoms with Gasteiger partial charge in [0.15, 0.2) is 31.5 Å². The summed E-state index contributed by atoms with van der Waals surface area (Å²) in [6.07, 6.45) is -55.3. The van der Waals surface area contributed by atoms with Gasteiger partial charge in [0.25, 0.3) is 0 Å². The lowest BCUT2D eigenvalue weighted by molar-refractivity contribution is -0.397. The zero-order valence-corrected chi connectivity index (χ0v) is 44.5. The first-order chi connectivity index (χ1) is 39.3. The SMILES string of the molecule is CC(=O)N[C@H]1[C@H](O[C@H]2[C@H](O)[C@@H](NC(C)=O)CO[C@@H]2CO)O[C@H](CO)[C@@H](O[C@@H]2O[C@H](CO[C@H]3O[C@H](CO)[C@@H](O)[C@H](O)[C@@H]3O)[C@@H](O)[C@H](O[C@H]3O[C@H](CO)[C@@H](O)[C@H](O)[C@@H]3O[C@H]3O[C@H](CO)[C@@H](O)[C@H](O)[C@@H]3O)[C@@H]2O)[C@@H]1O.OC[C@H]1OC[C@@H](O)[C@@H](O)[C@@H]1O. The lowest BCUT2D eigenvalue weighted by Gasteiger charge is -2.50. The Hall–Kier alpha value is -2.38. The lowest BCUT2D eigenvalue weighted by Crippen LogP contribution is -2.70. The van der Waals surface area contributed by atoms with E-state index in [0.717, 1.165) is 6.92 Å². The molecular weight excluding hydrogens is 1140 g/mol. The van der Waals surface area contributed by atoms with Crippen LogP contribution in [0.2, 0.25) is 0 Å². The van der Waals surface area contributed by atoms with E-state index in [9.17, 15) is 96.4 Å². The van der Waals surface area contributed by atoms with Gasteiger partial charge in [-0.1, -0.05) is 0 Å². The number of aliphatic hydroxyl groups excluding tert-OH is 21. The zero-order valence-electron chi connectivity index (χ0n) is 44.5. The summed E-state index contributed by atoms with van der Waals surface area (Å²) in [5.74, 6) is -1.36. The number of carbonyl (C=O) groups is 2. The highest BCUT2D eigenvalue weighted by Crippen LogP contribution is 2.37. The molecule has 0 saturated carbocycles. The van der Waals surface area contributed by atoms with E-state index < -0.39 is 254 Å². The maximum Gasteiger partial charge on any atom is 0.217 e. The fraction of sp³-hybridized carbons (Fsp3) is 0.957. The first-order valence-electron chi connectivity index (χ1n) is 26.4. The molecule has 7 heterocycles. The van der Waals surface area contributed by atoms with Crippen molar-refractivity contribution in [3.8, 4) is 0 Å². The quantitative estimate of drug-likeness (QED) is 0.0571. The summed E-state index contributed by atoms with van der Waals surface area (Å²) in [4.78, 5) is 24.4. The van der Waals surface area contributed by atoms with Gasteiger partial charge in [0.05, 0.1) is 65.5 Å². The average molecular weight is 1220 g/mol. The molecule has 0 aromatic heterocycles. The maximum atomic E-state index is 12.6. The highest BCUT2D eigenvalue weighted by molar-refractivity contribution is 5.73. The number of ether oxygens (including phenoxy) is 12. The molecule has 2 amide bonds. The van der Waals surface area contributed by atoms with Crippen molar-refractivity contribution < 1.29 is 174 Å². The number of amides is 2. The summed E-state index contributed by atoms with van der Waals surface area (Å²) >= 11 is 0. The summed E-state index contributed by atoms with van der Waals surface area (Å²) in [6.45, 7) is -3.92. The first kappa shape index (κ1) is 69.7. The van der Waals surface area contributed by atoms with Gasteiger partial charge in [-0.3, -0.25) is 9.59 Å². The molecule has 7 fully saturated rings. The van der Waals surface area contributed by atoms with E-state index in [0.29, 0.717) is 0 Å².